The summed E-state index contributed by atoms with van der Waals surface area (Å²) in [6.45, 7) is 7.63. The molecular formula is C23H28N4O3S. The molecule has 0 fully saturated rings. The Hall–Kier alpha value is -2.97. The molecule has 3 rings (SSSR count). The highest BCUT2D eigenvalue weighted by Gasteiger charge is 2.12. The molecule has 0 saturated carbocycles. The zero-order chi connectivity index (χ0) is 22.4. The van der Waals surface area contributed by atoms with Gasteiger partial charge in [0.2, 0.25) is 0 Å². The number of rotatable bonds is 9. The molecule has 0 aliphatic rings. The van der Waals surface area contributed by atoms with Crippen molar-refractivity contribution in [1.82, 2.24) is 19.8 Å². The van der Waals surface area contributed by atoms with Crippen LogP contribution in [0.25, 0.3) is 10.9 Å². The molecule has 0 bridgehead atoms. The van der Waals surface area contributed by atoms with E-state index in [4.69, 9.17) is 17.0 Å². The van der Waals surface area contributed by atoms with Crippen molar-refractivity contribution in [2.45, 2.75) is 26.9 Å². The highest BCUT2D eigenvalue weighted by Crippen LogP contribution is 2.17. The van der Waals surface area contributed by atoms with E-state index in [9.17, 15) is 9.59 Å². The minimum Gasteiger partial charge on any atom is -0.496 e. The average Bonchev–Trinajstić information content (AvgIpc) is 2.79. The van der Waals surface area contributed by atoms with Gasteiger partial charge in [-0.25, -0.2) is 0 Å². The van der Waals surface area contributed by atoms with E-state index in [0.29, 0.717) is 34.3 Å². The van der Waals surface area contributed by atoms with E-state index in [1.54, 1.807) is 29.9 Å². The lowest BCUT2D eigenvalue weighted by Gasteiger charge is -2.18. The zero-order valence-corrected chi connectivity index (χ0v) is 18.9. The Morgan fingerprint density at radius 3 is 2.65 bits per heavy atom. The second-order valence-electron chi connectivity index (χ2n) is 7.17. The van der Waals surface area contributed by atoms with Crippen molar-refractivity contribution in [3.8, 4) is 5.75 Å². The SMILES string of the molecule is CCN(CC)CCn1c(=S)[nH]c2cc(C(=O)NCc3ccccc3OC)ccc2c1=O. The van der Waals surface area contributed by atoms with E-state index in [2.05, 4.69) is 29.0 Å². The quantitative estimate of drug-likeness (QED) is 0.499. The predicted molar refractivity (Wildman–Crippen MR) is 125 cm³/mol. The van der Waals surface area contributed by atoms with Crippen LogP contribution in [0.1, 0.15) is 29.8 Å². The minimum atomic E-state index is -0.238. The van der Waals surface area contributed by atoms with Crippen molar-refractivity contribution in [2.24, 2.45) is 0 Å². The predicted octanol–water partition coefficient (Wildman–Crippen LogP) is 3.34. The Kier molecular flexibility index (Phi) is 7.59. The number of H-pyrrole nitrogens is 1. The van der Waals surface area contributed by atoms with Crippen molar-refractivity contribution in [3.63, 3.8) is 0 Å². The minimum absolute atomic E-state index is 0.146. The molecule has 1 amide bonds. The highest BCUT2D eigenvalue weighted by atomic mass is 32.1. The molecule has 2 N–H and O–H groups in total. The number of carbonyl (C=O) groups excluding carboxylic acids is 1. The largest absolute Gasteiger partial charge is 0.496 e. The molecular weight excluding hydrogens is 412 g/mol. The third-order valence-corrected chi connectivity index (χ3v) is 5.73. The number of hydrogen-bond acceptors (Lipinski definition) is 5. The van der Waals surface area contributed by atoms with Crippen LogP contribution in [-0.4, -0.2) is 47.1 Å². The molecule has 0 aliphatic heterocycles. The monoisotopic (exact) mass is 440 g/mol. The van der Waals surface area contributed by atoms with Crippen LogP contribution in [0.2, 0.25) is 0 Å². The molecule has 0 radical (unpaired) electrons. The number of methoxy groups -OCH3 is 1. The molecule has 0 atom stereocenters. The molecule has 0 aliphatic carbocycles. The van der Waals surface area contributed by atoms with Gasteiger partial charge in [-0.05, 0) is 49.6 Å². The van der Waals surface area contributed by atoms with E-state index in [0.717, 1.165) is 30.9 Å². The Bertz CT molecular complexity index is 1180. The van der Waals surface area contributed by atoms with Gasteiger partial charge in [-0.2, -0.15) is 0 Å². The fourth-order valence-corrected chi connectivity index (χ4v) is 3.79. The lowest BCUT2D eigenvalue weighted by atomic mass is 10.1. The van der Waals surface area contributed by atoms with Crippen LogP contribution >= 0.6 is 12.2 Å². The first kappa shape index (κ1) is 22.7. The lowest BCUT2D eigenvalue weighted by molar-refractivity contribution is 0.0951. The summed E-state index contributed by atoms with van der Waals surface area (Å²) in [5.41, 5.74) is 1.74. The second kappa shape index (κ2) is 10.4. The van der Waals surface area contributed by atoms with E-state index in [-0.39, 0.29) is 11.5 Å². The fraction of sp³-hybridized carbons (Fsp3) is 0.348. The van der Waals surface area contributed by atoms with Crippen molar-refractivity contribution in [3.05, 3.63) is 68.7 Å². The maximum absolute atomic E-state index is 12.9. The molecule has 0 spiro atoms. The summed E-state index contributed by atoms with van der Waals surface area (Å²) in [6.07, 6.45) is 0. The number of aromatic amines is 1. The molecule has 3 aromatic rings. The van der Waals surface area contributed by atoms with E-state index >= 15 is 0 Å². The number of amides is 1. The van der Waals surface area contributed by atoms with Gasteiger partial charge in [0.05, 0.1) is 18.0 Å². The van der Waals surface area contributed by atoms with Crippen molar-refractivity contribution in [1.29, 1.82) is 0 Å². The second-order valence-corrected chi connectivity index (χ2v) is 7.56. The Morgan fingerprint density at radius 2 is 1.94 bits per heavy atom. The first-order valence-electron chi connectivity index (χ1n) is 10.4. The molecule has 2 aromatic carbocycles. The number of aromatic nitrogens is 2. The van der Waals surface area contributed by atoms with Crippen LogP contribution < -0.4 is 15.6 Å². The summed E-state index contributed by atoms with van der Waals surface area (Å²) in [5, 5.41) is 3.40. The van der Waals surface area contributed by atoms with Crippen molar-refractivity contribution >= 4 is 29.0 Å². The summed E-state index contributed by atoms with van der Waals surface area (Å²) in [7, 11) is 1.60. The number of para-hydroxylation sites is 1. The first-order chi connectivity index (χ1) is 15.0. The van der Waals surface area contributed by atoms with Crippen molar-refractivity contribution < 1.29 is 9.53 Å². The smallest absolute Gasteiger partial charge is 0.262 e. The third kappa shape index (κ3) is 5.21. The van der Waals surface area contributed by atoms with Crippen LogP contribution in [0.4, 0.5) is 0 Å². The summed E-state index contributed by atoms with van der Waals surface area (Å²) < 4.78 is 7.26. The summed E-state index contributed by atoms with van der Waals surface area (Å²) in [5.74, 6) is 0.480. The van der Waals surface area contributed by atoms with Crippen LogP contribution in [0.3, 0.4) is 0 Å². The van der Waals surface area contributed by atoms with Crippen LogP contribution in [0.5, 0.6) is 5.75 Å². The summed E-state index contributed by atoms with van der Waals surface area (Å²) in [6, 6.07) is 12.5. The summed E-state index contributed by atoms with van der Waals surface area (Å²) in [4.78, 5) is 30.9. The van der Waals surface area contributed by atoms with Gasteiger partial charge in [0.1, 0.15) is 5.75 Å². The zero-order valence-electron chi connectivity index (χ0n) is 18.1. The Labute approximate surface area is 186 Å². The molecule has 8 heteroatoms. The van der Waals surface area contributed by atoms with Gasteiger partial charge >= 0.3 is 0 Å². The van der Waals surface area contributed by atoms with Crippen molar-refractivity contribution in [2.75, 3.05) is 26.7 Å². The number of nitrogens with zero attached hydrogens (tertiary/aromatic N) is 2. The molecule has 7 nitrogen and oxygen atoms in total. The Morgan fingerprint density at radius 1 is 1.19 bits per heavy atom. The maximum atomic E-state index is 12.9. The first-order valence-corrected chi connectivity index (χ1v) is 10.8. The van der Waals surface area contributed by atoms with E-state index < -0.39 is 0 Å². The maximum Gasteiger partial charge on any atom is 0.262 e. The van der Waals surface area contributed by atoms with Gasteiger partial charge in [-0.3, -0.25) is 14.2 Å². The van der Waals surface area contributed by atoms with Gasteiger partial charge in [0.25, 0.3) is 11.5 Å². The molecule has 164 valence electrons. The van der Waals surface area contributed by atoms with Crippen LogP contribution in [-0.2, 0) is 13.1 Å². The highest BCUT2D eigenvalue weighted by molar-refractivity contribution is 7.71. The average molecular weight is 441 g/mol. The van der Waals surface area contributed by atoms with Gasteiger partial charge in [-0.15, -0.1) is 0 Å². The van der Waals surface area contributed by atoms with Crippen LogP contribution in [0, 0.1) is 4.77 Å². The van der Waals surface area contributed by atoms with Gasteiger partial charge in [0, 0.05) is 30.8 Å². The fourth-order valence-electron chi connectivity index (χ4n) is 3.51. The van der Waals surface area contributed by atoms with E-state index in [1.807, 2.05) is 24.3 Å². The Balaban J connectivity index is 1.81. The third-order valence-electron chi connectivity index (χ3n) is 5.41. The molecule has 1 heterocycles. The molecule has 31 heavy (non-hydrogen) atoms. The number of fused-ring (bicyclic) bond motifs is 1. The standard InChI is InChI=1S/C23H28N4O3S/c1-4-26(5-2)12-13-27-22(29)18-11-10-16(14-19(18)25-23(27)31)21(28)24-15-17-8-6-7-9-20(17)30-3/h6-11,14H,4-5,12-13,15H2,1-3H3,(H,24,28)(H,25,31). The number of ether oxygens (including phenoxy) is 1. The molecule has 0 unspecified atom stereocenters. The normalized spacial score (nSPS) is 11.1. The number of benzene rings is 2. The topological polar surface area (TPSA) is 79.4 Å². The molecule has 0 saturated heterocycles. The van der Waals surface area contributed by atoms with Gasteiger partial charge < -0.3 is 19.9 Å². The lowest BCUT2D eigenvalue weighted by Crippen LogP contribution is -2.31. The summed E-state index contributed by atoms with van der Waals surface area (Å²) >= 11 is 5.42. The van der Waals surface area contributed by atoms with Crippen LogP contribution in [0.15, 0.2) is 47.3 Å². The number of nitrogens with one attached hydrogen (secondary N) is 2. The number of carbonyl (C=O) groups is 1. The molecule has 1 aromatic heterocycles. The van der Waals surface area contributed by atoms with E-state index in [1.165, 1.54) is 0 Å². The number of likely N-dealkylation sites (N-methyl/N-ethyl adjacent to an activating group) is 1. The number of hydrogen-bond donors (Lipinski definition) is 2. The van der Waals surface area contributed by atoms with Gasteiger partial charge in [0.15, 0.2) is 4.77 Å². The van der Waals surface area contributed by atoms with Gasteiger partial charge in [-0.1, -0.05) is 32.0 Å².